The molecule has 0 unspecified atom stereocenters. The molecule has 1 aromatic rings. The first-order valence-electron chi connectivity index (χ1n) is 5.29. The third kappa shape index (κ3) is 2.39. The van der Waals surface area contributed by atoms with Gasteiger partial charge in [0.25, 0.3) is 0 Å². The predicted octanol–water partition coefficient (Wildman–Crippen LogP) is 1.61. The summed E-state index contributed by atoms with van der Waals surface area (Å²) in [7, 11) is 3.14. The number of hydrogen-bond donors (Lipinski definition) is 2. The van der Waals surface area contributed by atoms with Crippen LogP contribution in [0.5, 0.6) is 17.2 Å². The Bertz CT molecular complexity index is 364. The minimum absolute atomic E-state index is 0.189. The molecule has 0 spiro atoms. The van der Waals surface area contributed by atoms with Gasteiger partial charge in [-0.15, -0.1) is 0 Å². The maximum absolute atomic E-state index is 9.99. The van der Waals surface area contributed by atoms with Crippen molar-refractivity contribution in [3.63, 3.8) is 0 Å². The van der Waals surface area contributed by atoms with Crippen LogP contribution in [0.15, 0.2) is 6.07 Å². The van der Waals surface area contributed by atoms with E-state index in [1.165, 1.54) is 7.11 Å². The summed E-state index contributed by atoms with van der Waals surface area (Å²) in [4.78, 5) is 0. The van der Waals surface area contributed by atoms with Gasteiger partial charge in [0.1, 0.15) is 5.75 Å². The van der Waals surface area contributed by atoms with Crippen molar-refractivity contribution in [1.82, 2.24) is 0 Å². The molecule has 4 nitrogen and oxygen atoms in total. The van der Waals surface area contributed by atoms with E-state index in [-0.39, 0.29) is 5.75 Å². The molecule has 0 bridgehead atoms. The van der Waals surface area contributed by atoms with Crippen LogP contribution in [0.1, 0.15) is 17.5 Å². The third-order valence-corrected chi connectivity index (χ3v) is 2.61. The molecule has 0 aliphatic rings. The van der Waals surface area contributed by atoms with E-state index < -0.39 is 0 Å². The summed E-state index contributed by atoms with van der Waals surface area (Å²) in [5.74, 6) is 1.39. The topological polar surface area (TPSA) is 64.7 Å². The number of aromatic hydroxyl groups is 1. The van der Waals surface area contributed by atoms with E-state index in [1.54, 1.807) is 7.11 Å². The average Bonchev–Trinajstić information content (AvgIpc) is 2.29. The number of ether oxygens (including phenoxy) is 2. The zero-order valence-electron chi connectivity index (χ0n) is 10.0. The number of phenolic OH excluding ortho intramolecular Hbond substituents is 1. The molecule has 0 radical (unpaired) electrons. The van der Waals surface area contributed by atoms with Crippen molar-refractivity contribution >= 4 is 0 Å². The smallest absolute Gasteiger partial charge is 0.167 e. The van der Waals surface area contributed by atoms with Gasteiger partial charge in [-0.25, -0.2) is 0 Å². The highest BCUT2D eigenvalue weighted by Crippen LogP contribution is 2.39. The standard InChI is InChI=1S/C12H19NO3/c1-8-10(15-2)7-9(5-4-6-13)11(14)12(8)16-3/h7,14H,4-6,13H2,1-3H3. The van der Waals surface area contributed by atoms with Gasteiger partial charge in [-0.1, -0.05) is 0 Å². The Morgan fingerprint density at radius 1 is 1.31 bits per heavy atom. The number of aryl methyl sites for hydroxylation is 1. The molecule has 0 aliphatic heterocycles. The van der Waals surface area contributed by atoms with Crippen molar-refractivity contribution in [2.24, 2.45) is 5.73 Å². The van der Waals surface area contributed by atoms with Crippen molar-refractivity contribution in [2.75, 3.05) is 20.8 Å². The highest BCUT2D eigenvalue weighted by Gasteiger charge is 2.15. The van der Waals surface area contributed by atoms with Gasteiger partial charge in [0.05, 0.1) is 14.2 Å². The van der Waals surface area contributed by atoms with Crippen LogP contribution >= 0.6 is 0 Å². The first kappa shape index (κ1) is 12.6. The lowest BCUT2D eigenvalue weighted by Gasteiger charge is -2.15. The molecule has 0 aliphatic carbocycles. The number of hydrogen-bond acceptors (Lipinski definition) is 4. The van der Waals surface area contributed by atoms with Gasteiger partial charge in [0.2, 0.25) is 0 Å². The van der Waals surface area contributed by atoms with E-state index >= 15 is 0 Å². The molecular formula is C12H19NO3. The largest absolute Gasteiger partial charge is 0.504 e. The Labute approximate surface area is 96.0 Å². The summed E-state index contributed by atoms with van der Waals surface area (Å²) in [5, 5.41) is 9.99. The molecule has 0 atom stereocenters. The number of methoxy groups -OCH3 is 2. The van der Waals surface area contributed by atoms with Crippen molar-refractivity contribution in [3.05, 3.63) is 17.2 Å². The fraction of sp³-hybridized carbons (Fsp3) is 0.500. The number of rotatable bonds is 5. The second-order valence-electron chi connectivity index (χ2n) is 3.64. The Morgan fingerprint density at radius 2 is 2.00 bits per heavy atom. The summed E-state index contributed by atoms with van der Waals surface area (Å²) in [6.07, 6.45) is 1.54. The highest BCUT2D eigenvalue weighted by atomic mass is 16.5. The Balaban J connectivity index is 3.18. The predicted molar refractivity (Wildman–Crippen MR) is 63.3 cm³/mol. The second kappa shape index (κ2) is 5.61. The summed E-state index contributed by atoms with van der Waals surface area (Å²) < 4.78 is 10.4. The van der Waals surface area contributed by atoms with Crippen molar-refractivity contribution in [3.8, 4) is 17.2 Å². The fourth-order valence-corrected chi connectivity index (χ4v) is 1.72. The van der Waals surface area contributed by atoms with E-state index in [9.17, 15) is 5.11 Å². The van der Waals surface area contributed by atoms with Gasteiger partial charge >= 0.3 is 0 Å². The van der Waals surface area contributed by atoms with E-state index in [0.717, 1.165) is 29.7 Å². The van der Waals surface area contributed by atoms with Gasteiger partial charge in [-0.2, -0.15) is 0 Å². The van der Waals surface area contributed by atoms with E-state index in [0.29, 0.717) is 12.3 Å². The molecule has 0 heterocycles. The van der Waals surface area contributed by atoms with E-state index in [1.807, 2.05) is 13.0 Å². The molecule has 16 heavy (non-hydrogen) atoms. The van der Waals surface area contributed by atoms with Crippen LogP contribution in [0.4, 0.5) is 0 Å². The zero-order chi connectivity index (χ0) is 12.1. The first-order chi connectivity index (χ1) is 7.65. The van der Waals surface area contributed by atoms with Crippen molar-refractivity contribution in [2.45, 2.75) is 19.8 Å². The van der Waals surface area contributed by atoms with Crippen molar-refractivity contribution < 1.29 is 14.6 Å². The molecule has 0 saturated carbocycles. The van der Waals surface area contributed by atoms with Crippen LogP contribution in [0, 0.1) is 6.92 Å². The van der Waals surface area contributed by atoms with Crippen LogP contribution < -0.4 is 15.2 Å². The maximum Gasteiger partial charge on any atom is 0.167 e. The SMILES string of the molecule is COc1cc(CCCN)c(O)c(OC)c1C. The number of benzene rings is 1. The molecule has 0 amide bonds. The monoisotopic (exact) mass is 225 g/mol. The molecule has 0 aromatic heterocycles. The van der Waals surface area contributed by atoms with Crippen LogP contribution in [-0.2, 0) is 6.42 Å². The van der Waals surface area contributed by atoms with E-state index in [4.69, 9.17) is 15.2 Å². The lowest BCUT2D eigenvalue weighted by atomic mass is 10.0. The number of nitrogens with two attached hydrogens (primary N) is 1. The summed E-state index contributed by atoms with van der Waals surface area (Å²) in [6, 6.07) is 1.84. The highest BCUT2D eigenvalue weighted by molar-refractivity contribution is 5.57. The summed E-state index contributed by atoms with van der Waals surface area (Å²) in [6.45, 7) is 2.45. The Kier molecular flexibility index (Phi) is 4.43. The minimum atomic E-state index is 0.189. The molecule has 0 saturated heterocycles. The molecule has 3 N–H and O–H groups in total. The Morgan fingerprint density at radius 3 is 2.50 bits per heavy atom. The van der Waals surface area contributed by atoms with Gasteiger partial charge in [-0.3, -0.25) is 0 Å². The van der Waals surface area contributed by atoms with Crippen LogP contribution in [0.2, 0.25) is 0 Å². The van der Waals surface area contributed by atoms with Gasteiger partial charge in [-0.05, 0) is 32.4 Å². The molecule has 1 aromatic carbocycles. The van der Waals surface area contributed by atoms with Crippen molar-refractivity contribution in [1.29, 1.82) is 0 Å². The Hall–Kier alpha value is -1.42. The first-order valence-corrected chi connectivity index (χ1v) is 5.29. The minimum Gasteiger partial charge on any atom is -0.504 e. The van der Waals surface area contributed by atoms with Crippen LogP contribution in [0.25, 0.3) is 0 Å². The fourth-order valence-electron chi connectivity index (χ4n) is 1.72. The number of phenols is 1. The molecular weight excluding hydrogens is 206 g/mol. The molecule has 4 heteroatoms. The summed E-state index contributed by atoms with van der Waals surface area (Å²) in [5.41, 5.74) is 7.07. The second-order valence-corrected chi connectivity index (χ2v) is 3.64. The van der Waals surface area contributed by atoms with Gasteiger partial charge < -0.3 is 20.3 Å². The molecule has 0 fully saturated rings. The lowest BCUT2D eigenvalue weighted by molar-refractivity contribution is 0.356. The van der Waals surface area contributed by atoms with Gasteiger partial charge in [0, 0.05) is 11.1 Å². The van der Waals surface area contributed by atoms with Crippen LogP contribution in [0.3, 0.4) is 0 Å². The van der Waals surface area contributed by atoms with Crippen LogP contribution in [-0.4, -0.2) is 25.9 Å². The summed E-state index contributed by atoms with van der Waals surface area (Å²) >= 11 is 0. The normalized spacial score (nSPS) is 10.2. The van der Waals surface area contributed by atoms with Gasteiger partial charge in [0.15, 0.2) is 11.5 Å². The lowest BCUT2D eigenvalue weighted by Crippen LogP contribution is -2.02. The quantitative estimate of drug-likeness (QED) is 0.799. The third-order valence-electron chi connectivity index (χ3n) is 2.61. The molecule has 90 valence electrons. The zero-order valence-corrected chi connectivity index (χ0v) is 10.0. The van der Waals surface area contributed by atoms with E-state index in [2.05, 4.69) is 0 Å². The average molecular weight is 225 g/mol. The molecule has 1 rings (SSSR count). The maximum atomic E-state index is 9.99.